The van der Waals surface area contributed by atoms with Crippen molar-refractivity contribution in [3.8, 4) is 0 Å². The van der Waals surface area contributed by atoms with Crippen LogP contribution in [0.3, 0.4) is 0 Å². The molecule has 2 aromatic rings. The monoisotopic (exact) mass is 528 g/mol. The van der Waals surface area contributed by atoms with Crippen LogP contribution in [0.25, 0.3) is 0 Å². The molecule has 2 aliphatic heterocycles. The second kappa shape index (κ2) is 9.96. The van der Waals surface area contributed by atoms with Gasteiger partial charge in [-0.2, -0.15) is 0 Å². The van der Waals surface area contributed by atoms with Gasteiger partial charge in [-0.1, -0.05) is 17.7 Å². The SMILES string of the molecule is COC(=O)C1=C(CN2CC(C(=O)O)CC(F)(F)C2)NC(c2nccs2)=NC1c1ccc(F)cc1Cl. The molecule has 4 rings (SSSR count). The predicted octanol–water partition coefficient (Wildman–Crippen LogP) is 3.50. The summed E-state index contributed by atoms with van der Waals surface area (Å²) in [5.74, 6) is -6.96. The number of carbonyl (C=O) groups is 2. The molecule has 2 atom stereocenters. The number of likely N-dealkylation sites (tertiary alicyclic amines) is 1. The molecule has 2 N–H and O–H groups in total. The molecule has 2 aliphatic rings. The number of piperidine rings is 1. The molecule has 2 unspecified atom stereocenters. The van der Waals surface area contributed by atoms with Crippen molar-refractivity contribution in [1.82, 2.24) is 15.2 Å². The second-order valence-corrected chi connectivity index (χ2v) is 9.46. The lowest BCUT2D eigenvalue weighted by Crippen LogP contribution is -2.51. The maximum absolute atomic E-state index is 14.4. The molecule has 1 saturated heterocycles. The van der Waals surface area contributed by atoms with E-state index in [0.717, 1.165) is 13.2 Å². The molecule has 1 aromatic heterocycles. The van der Waals surface area contributed by atoms with Crippen LogP contribution in [0.5, 0.6) is 0 Å². The highest BCUT2D eigenvalue weighted by Gasteiger charge is 2.44. The van der Waals surface area contributed by atoms with Gasteiger partial charge in [-0.25, -0.2) is 22.9 Å². The Kier molecular flexibility index (Phi) is 7.15. The van der Waals surface area contributed by atoms with Crippen LogP contribution in [-0.2, 0) is 14.3 Å². The quantitative estimate of drug-likeness (QED) is 0.553. The van der Waals surface area contributed by atoms with Crippen LogP contribution in [-0.4, -0.2) is 65.4 Å². The average molecular weight is 529 g/mol. The van der Waals surface area contributed by atoms with E-state index in [-0.39, 0.29) is 35.2 Å². The van der Waals surface area contributed by atoms with Crippen LogP contribution in [0.15, 0.2) is 46.0 Å². The number of hydrogen-bond acceptors (Lipinski definition) is 8. The Morgan fingerprint density at radius 1 is 1.40 bits per heavy atom. The average Bonchev–Trinajstić information content (AvgIpc) is 3.32. The van der Waals surface area contributed by atoms with Crippen LogP contribution >= 0.6 is 22.9 Å². The molecule has 0 amide bonds. The third kappa shape index (κ3) is 5.49. The van der Waals surface area contributed by atoms with E-state index >= 15 is 0 Å². The zero-order valence-electron chi connectivity index (χ0n) is 18.3. The molecular formula is C22H20ClF3N4O4S. The fraction of sp³-hybridized carbons (Fsp3) is 0.364. The minimum atomic E-state index is -3.23. The number of thiazole rings is 1. The number of hydrogen-bond donors (Lipinski definition) is 2. The summed E-state index contributed by atoms with van der Waals surface area (Å²) in [6.07, 6.45) is 0.779. The topological polar surface area (TPSA) is 104 Å². The summed E-state index contributed by atoms with van der Waals surface area (Å²) in [4.78, 5) is 34.4. The maximum atomic E-state index is 14.4. The van der Waals surface area contributed by atoms with Gasteiger partial charge in [0, 0.05) is 47.4 Å². The normalized spacial score (nSPS) is 22.4. The van der Waals surface area contributed by atoms with Crippen LogP contribution < -0.4 is 5.32 Å². The number of aliphatic carboxylic acids is 1. The number of carboxylic acid groups (broad SMARTS) is 1. The Bertz CT molecular complexity index is 1210. The number of nitrogens with one attached hydrogen (secondary N) is 1. The standard InChI is InChI=1S/C22H20ClF3N4O4S/c1-34-21(33)16-15(9-30-8-11(20(31)32)7-22(25,26)10-30)28-18(19-27-4-5-35-19)29-17(16)13-3-2-12(24)6-14(13)23/h2-6,11,17H,7-10H2,1H3,(H,28,29)(H,31,32). The molecule has 3 heterocycles. The molecule has 8 nitrogen and oxygen atoms in total. The summed E-state index contributed by atoms with van der Waals surface area (Å²) in [5.41, 5.74) is 0.472. The van der Waals surface area contributed by atoms with Crippen molar-refractivity contribution in [3.63, 3.8) is 0 Å². The van der Waals surface area contributed by atoms with Crippen LogP contribution in [0.2, 0.25) is 5.02 Å². The van der Waals surface area contributed by atoms with E-state index < -0.39 is 48.6 Å². The summed E-state index contributed by atoms with van der Waals surface area (Å²) in [7, 11) is 1.16. The van der Waals surface area contributed by atoms with Gasteiger partial charge in [-0.05, 0) is 12.1 Å². The molecule has 35 heavy (non-hydrogen) atoms. The van der Waals surface area contributed by atoms with E-state index in [1.807, 2.05) is 0 Å². The van der Waals surface area contributed by atoms with Gasteiger partial charge in [-0.15, -0.1) is 11.3 Å². The molecule has 1 aromatic carbocycles. The molecule has 0 bridgehead atoms. The smallest absolute Gasteiger partial charge is 0.338 e. The Labute approximate surface area is 207 Å². The zero-order valence-corrected chi connectivity index (χ0v) is 19.9. The van der Waals surface area contributed by atoms with Gasteiger partial charge >= 0.3 is 11.9 Å². The molecule has 186 valence electrons. The number of esters is 1. The van der Waals surface area contributed by atoms with E-state index in [2.05, 4.69) is 15.3 Å². The number of nitrogens with zero attached hydrogens (tertiary/aromatic N) is 3. The van der Waals surface area contributed by atoms with Crippen LogP contribution in [0.4, 0.5) is 13.2 Å². The Morgan fingerprint density at radius 3 is 2.80 bits per heavy atom. The van der Waals surface area contributed by atoms with Crippen molar-refractivity contribution < 1.29 is 32.6 Å². The van der Waals surface area contributed by atoms with Crippen molar-refractivity contribution in [2.75, 3.05) is 26.7 Å². The number of carbonyl (C=O) groups excluding carboxylic acids is 1. The summed E-state index contributed by atoms with van der Waals surface area (Å²) in [5, 5.41) is 14.5. The zero-order chi connectivity index (χ0) is 25.3. The fourth-order valence-electron chi connectivity index (χ4n) is 4.17. The number of aromatic nitrogens is 1. The number of benzene rings is 1. The van der Waals surface area contributed by atoms with Crippen LogP contribution in [0.1, 0.15) is 23.0 Å². The first-order chi connectivity index (χ1) is 16.6. The summed E-state index contributed by atoms with van der Waals surface area (Å²) >= 11 is 7.54. The lowest BCUT2D eigenvalue weighted by molar-refractivity contribution is -0.152. The van der Waals surface area contributed by atoms with Gasteiger partial charge in [0.1, 0.15) is 11.9 Å². The van der Waals surface area contributed by atoms with Gasteiger partial charge in [0.15, 0.2) is 10.8 Å². The lowest BCUT2D eigenvalue weighted by atomic mass is 9.93. The summed E-state index contributed by atoms with van der Waals surface area (Å²) in [6, 6.07) is 2.58. The largest absolute Gasteiger partial charge is 0.481 e. The first-order valence-electron chi connectivity index (χ1n) is 10.4. The molecular weight excluding hydrogens is 509 g/mol. The first kappa shape index (κ1) is 25.1. The molecule has 0 aliphatic carbocycles. The van der Waals surface area contributed by atoms with Gasteiger partial charge in [-0.3, -0.25) is 14.7 Å². The van der Waals surface area contributed by atoms with E-state index in [0.29, 0.717) is 10.6 Å². The number of aliphatic imine (C=N–C) groups is 1. The Hall–Kier alpha value is -2.96. The van der Waals surface area contributed by atoms with Crippen molar-refractivity contribution in [1.29, 1.82) is 0 Å². The lowest BCUT2D eigenvalue weighted by Gasteiger charge is -2.37. The number of rotatable bonds is 6. The van der Waals surface area contributed by atoms with E-state index in [4.69, 9.17) is 16.3 Å². The van der Waals surface area contributed by atoms with Crippen molar-refractivity contribution in [2.24, 2.45) is 10.9 Å². The number of methoxy groups -OCH3 is 1. The third-order valence-electron chi connectivity index (χ3n) is 5.63. The van der Waals surface area contributed by atoms with Crippen LogP contribution in [0, 0.1) is 11.7 Å². The van der Waals surface area contributed by atoms with Crippen molar-refractivity contribution >= 4 is 40.7 Å². The summed E-state index contributed by atoms with van der Waals surface area (Å²) in [6.45, 7) is -1.05. The maximum Gasteiger partial charge on any atom is 0.338 e. The van der Waals surface area contributed by atoms with Crippen molar-refractivity contribution in [2.45, 2.75) is 18.4 Å². The van der Waals surface area contributed by atoms with E-state index in [9.17, 15) is 27.9 Å². The number of halogens is 4. The van der Waals surface area contributed by atoms with Gasteiger partial charge in [0.05, 0.1) is 25.1 Å². The highest BCUT2D eigenvalue weighted by Crippen LogP contribution is 2.38. The third-order valence-corrected chi connectivity index (χ3v) is 6.74. The highest BCUT2D eigenvalue weighted by atomic mass is 35.5. The van der Waals surface area contributed by atoms with Gasteiger partial charge < -0.3 is 15.2 Å². The number of carboxylic acids is 1. The summed E-state index contributed by atoms with van der Waals surface area (Å²) < 4.78 is 47.4. The highest BCUT2D eigenvalue weighted by molar-refractivity contribution is 7.11. The first-order valence-corrected chi connectivity index (χ1v) is 11.7. The van der Waals surface area contributed by atoms with Gasteiger partial charge in [0.2, 0.25) is 0 Å². The minimum absolute atomic E-state index is 0.00957. The number of ether oxygens (including phenoxy) is 1. The van der Waals surface area contributed by atoms with E-state index in [1.54, 1.807) is 11.6 Å². The molecule has 13 heteroatoms. The molecule has 0 spiro atoms. The number of alkyl halides is 2. The molecule has 1 fully saturated rings. The fourth-order valence-corrected chi connectivity index (χ4v) is 5.03. The number of amidine groups is 1. The Morgan fingerprint density at radius 2 is 2.17 bits per heavy atom. The molecule has 0 saturated carbocycles. The Balaban J connectivity index is 1.80. The van der Waals surface area contributed by atoms with Gasteiger partial charge in [0.25, 0.3) is 5.92 Å². The predicted molar refractivity (Wildman–Crippen MR) is 122 cm³/mol. The minimum Gasteiger partial charge on any atom is -0.481 e. The molecule has 0 radical (unpaired) electrons. The second-order valence-electron chi connectivity index (χ2n) is 8.16. The van der Waals surface area contributed by atoms with Crippen molar-refractivity contribution in [3.05, 3.63) is 62.5 Å². The van der Waals surface area contributed by atoms with E-state index in [1.165, 1.54) is 28.4 Å².